The average Bonchev–Trinajstić information content (AvgIpc) is 3.62. The lowest BCUT2D eigenvalue weighted by Gasteiger charge is -2.27. The van der Waals surface area contributed by atoms with E-state index in [0.29, 0.717) is 0 Å². The smallest absolute Gasteiger partial charge is 0.0562 e. The zero-order valence-corrected chi connectivity index (χ0v) is 30.7. The van der Waals surface area contributed by atoms with Gasteiger partial charge in [0.05, 0.1) is 16.7 Å². The van der Waals surface area contributed by atoms with Crippen LogP contribution in [0, 0.1) is 0 Å². The summed E-state index contributed by atoms with van der Waals surface area (Å²) in [6, 6.07) is 79.5. The van der Waals surface area contributed by atoms with E-state index in [1.165, 1.54) is 76.4 Å². The Kier molecular flexibility index (Phi) is 7.53. The number of nitrogens with zero attached hydrogens (tertiary/aromatic N) is 2. The molecule has 0 saturated carbocycles. The van der Waals surface area contributed by atoms with Gasteiger partial charge in [-0.2, -0.15) is 0 Å². The molecule has 0 aliphatic rings. The van der Waals surface area contributed by atoms with E-state index in [-0.39, 0.29) is 0 Å². The largest absolute Gasteiger partial charge is 0.310 e. The van der Waals surface area contributed by atoms with Crippen molar-refractivity contribution in [3.05, 3.63) is 218 Å². The zero-order valence-electron chi connectivity index (χ0n) is 30.7. The van der Waals surface area contributed by atoms with Crippen molar-refractivity contribution in [2.24, 2.45) is 0 Å². The van der Waals surface area contributed by atoms with Gasteiger partial charge in [-0.1, -0.05) is 164 Å². The zero-order chi connectivity index (χ0) is 37.0. The molecule has 0 aliphatic heterocycles. The van der Waals surface area contributed by atoms with Crippen molar-refractivity contribution in [2.45, 2.75) is 0 Å². The molecule has 262 valence electrons. The summed E-state index contributed by atoms with van der Waals surface area (Å²) in [4.78, 5) is 2.46. The molecule has 0 bridgehead atoms. The van der Waals surface area contributed by atoms with Gasteiger partial charge in [0.15, 0.2) is 0 Å². The van der Waals surface area contributed by atoms with Crippen LogP contribution in [0.4, 0.5) is 17.1 Å². The van der Waals surface area contributed by atoms with Gasteiger partial charge in [0.2, 0.25) is 0 Å². The highest BCUT2D eigenvalue weighted by Crippen LogP contribution is 2.46. The van der Waals surface area contributed by atoms with Crippen molar-refractivity contribution in [1.82, 2.24) is 4.57 Å². The Labute approximate surface area is 325 Å². The van der Waals surface area contributed by atoms with Gasteiger partial charge in [-0.15, -0.1) is 0 Å². The third-order valence-electron chi connectivity index (χ3n) is 11.3. The highest BCUT2D eigenvalue weighted by Gasteiger charge is 2.22. The fourth-order valence-corrected chi connectivity index (χ4v) is 8.84. The van der Waals surface area contributed by atoms with Crippen molar-refractivity contribution < 1.29 is 0 Å². The predicted octanol–water partition coefficient (Wildman–Crippen LogP) is 15.0. The van der Waals surface area contributed by atoms with E-state index in [2.05, 4.69) is 228 Å². The van der Waals surface area contributed by atoms with Crippen LogP contribution in [0.1, 0.15) is 0 Å². The lowest BCUT2D eigenvalue weighted by atomic mass is 9.94. The van der Waals surface area contributed by atoms with Crippen LogP contribution in [0.15, 0.2) is 218 Å². The molecule has 2 heteroatoms. The van der Waals surface area contributed by atoms with Gasteiger partial charge >= 0.3 is 0 Å². The molecule has 0 amide bonds. The minimum absolute atomic E-state index is 1.10. The van der Waals surface area contributed by atoms with Crippen molar-refractivity contribution in [3.8, 4) is 27.9 Å². The molecule has 1 heterocycles. The second kappa shape index (κ2) is 13.2. The Morgan fingerprint density at radius 1 is 0.321 bits per heavy atom. The molecule has 0 N–H and O–H groups in total. The van der Waals surface area contributed by atoms with Crippen LogP contribution in [0.25, 0.3) is 82.1 Å². The Morgan fingerprint density at radius 3 is 1.71 bits per heavy atom. The number of para-hydroxylation sites is 2. The molecule has 11 rings (SSSR count). The molecule has 10 aromatic carbocycles. The molecule has 0 fully saturated rings. The molecule has 1 aromatic heterocycles. The minimum atomic E-state index is 1.10. The molecule has 0 atom stereocenters. The van der Waals surface area contributed by atoms with Gasteiger partial charge < -0.3 is 9.47 Å². The quantitative estimate of drug-likeness (QED) is 0.156. The highest BCUT2D eigenvalue weighted by molar-refractivity contribution is 6.19. The number of rotatable bonds is 6. The normalized spacial score (nSPS) is 11.6. The number of hydrogen-bond donors (Lipinski definition) is 0. The Morgan fingerprint density at radius 2 is 0.893 bits per heavy atom. The first-order valence-corrected chi connectivity index (χ1v) is 19.3. The predicted molar refractivity (Wildman–Crippen MR) is 239 cm³/mol. The van der Waals surface area contributed by atoms with Crippen molar-refractivity contribution in [2.75, 3.05) is 4.90 Å². The molecule has 11 aromatic rings. The summed E-state index contributed by atoms with van der Waals surface area (Å²) in [5, 5.41) is 9.99. The summed E-state index contributed by atoms with van der Waals surface area (Å²) < 4.78 is 2.40. The van der Waals surface area contributed by atoms with Gasteiger partial charge in [0.1, 0.15) is 0 Å². The van der Waals surface area contributed by atoms with Crippen molar-refractivity contribution in [3.63, 3.8) is 0 Å². The maximum Gasteiger partial charge on any atom is 0.0562 e. The van der Waals surface area contributed by atoms with E-state index in [4.69, 9.17) is 0 Å². The molecule has 0 saturated heterocycles. The summed E-state index contributed by atoms with van der Waals surface area (Å²) in [7, 11) is 0. The van der Waals surface area contributed by atoms with E-state index in [1.807, 2.05) is 0 Å². The van der Waals surface area contributed by atoms with E-state index in [1.54, 1.807) is 0 Å². The number of hydrogen-bond acceptors (Lipinski definition) is 1. The van der Waals surface area contributed by atoms with E-state index < -0.39 is 0 Å². The number of benzene rings is 10. The molecule has 0 radical (unpaired) electrons. The number of aromatic nitrogens is 1. The second-order valence-corrected chi connectivity index (χ2v) is 14.5. The Hall–Kier alpha value is -7.42. The fourth-order valence-electron chi connectivity index (χ4n) is 8.84. The monoisotopic (exact) mass is 712 g/mol. The van der Waals surface area contributed by atoms with Crippen LogP contribution in [0.2, 0.25) is 0 Å². The van der Waals surface area contributed by atoms with Crippen molar-refractivity contribution >= 4 is 71.2 Å². The van der Waals surface area contributed by atoms with Crippen LogP contribution in [0.5, 0.6) is 0 Å². The number of anilines is 3. The molecule has 56 heavy (non-hydrogen) atoms. The summed E-state index contributed by atoms with van der Waals surface area (Å²) in [5.74, 6) is 0. The van der Waals surface area contributed by atoms with Gasteiger partial charge in [0.25, 0.3) is 0 Å². The van der Waals surface area contributed by atoms with E-state index in [0.717, 1.165) is 22.7 Å². The third-order valence-corrected chi connectivity index (χ3v) is 11.3. The lowest BCUT2D eigenvalue weighted by molar-refractivity contribution is 1.18. The topological polar surface area (TPSA) is 8.17 Å². The van der Waals surface area contributed by atoms with Crippen LogP contribution in [-0.4, -0.2) is 4.57 Å². The van der Waals surface area contributed by atoms with Gasteiger partial charge in [-0.05, 0) is 109 Å². The maximum atomic E-state index is 2.46. The first kappa shape index (κ1) is 32.0. The highest BCUT2D eigenvalue weighted by atomic mass is 15.1. The number of fused-ring (bicyclic) bond motifs is 8. The van der Waals surface area contributed by atoms with E-state index in [9.17, 15) is 0 Å². The maximum absolute atomic E-state index is 2.46. The lowest BCUT2D eigenvalue weighted by Crippen LogP contribution is -2.10. The Bertz CT molecular complexity index is 3250. The fraction of sp³-hybridized carbons (Fsp3) is 0. The van der Waals surface area contributed by atoms with Crippen molar-refractivity contribution in [1.29, 1.82) is 0 Å². The third kappa shape index (κ3) is 5.19. The summed E-state index contributed by atoms with van der Waals surface area (Å²) in [6.07, 6.45) is 0. The molecule has 0 spiro atoms. The summed E-state index contributed by atoms with van der Waals surface area (Å²) >= 11 is 0. The van der Waals surface area contributed by atoms with Crippen LogP contribution >= 0.6 is 0 Å². The first-order valence-electron chi connectivity index (χ1n) is 19.3. The summed E-state index contributed by atoms with van der Waals surface area (Å²) in [5.41, 5.74) is 11.6. The molecule has 2 nitrogen and oxygen atoms in total. The van der Waals surface area contributed by atoms with Crippen LogP contribution in [-0.2, 0) is 0 Å². The van der Waals surface area contributed by atoms with Gasteiger partial charge in [-0.25, -0.2) is 0 Å². The molecule has 0 aliphatic carbocycles. The second-order valence-electron chi connectivity index (χ2n) is 14.5. The molecule has 0 unspecified atom stereocenters. The van der Waals surface area contributed by atoms with Crippen LogP contribution in [0.3, 0.4) is 0 Å². The SMILES string of the molecule is c1ccc(-c2ccccc2-c2cccc(N(c3ccc4c(ccc5c6ccccc6ccc45)c3)c3cccc4c3c3ccccc3n4-c3ccccc3)c2)cc1. The van der Waals surface area contributed by atoms with Gasteiger partial charge in [-0.3, -0.25) is 0 Å². The minimum Gasteiger partial charge on any atom is -0.310 e. The Balaban J connectivity index is 1.17. The van der Waals surface area contributed by atoms with E-state index >= 15 is 0 Å². The van der Waals surface area contributed by atoms with Gasteiger partial charge in [0, 0.05) is 27.8 Å². The first-order chi connectivity index (χ1) is 27.8. The molecular formula is C54H36N2. The average molecular weight is 713 g/mol. The van der Waals surface area contributed by atoms with Crippen LogP contribution < -0.4 is 4.90 Å². The summed E-state index contributed by atoms with van der Waals surface area (Å²) in [6.45, 7) is 0. The standard InChI is InChI=1S/C54H36N2/c1-3-15-37(16-4-1)44-22-9-10-24-46(44)39-18-13-21-42(35-39)55(43-31-34-47-40(36-43)30-33-48-45-23-8-7-17-38(45)29-32-49(47)48)52-27-14-28-53-54(52)50-25-11-12-26-51(50)56(53)41-19-5-2-6-20-41/h1-36H. The molecular weight excluding hydrogens is 677 g/mol.